The molecule has 7 heteroatoms. The second-order valence-corrected chi connectivity index (χ2v) is 7.64. The first-order valence-corrected chi connectivity index (χ1v) is 10.1. The molecule has 1 aliphatic heterocycles. The molecule has 0 radical (unpaired) electrons. The highest BCUT2D eigenvalue weighted by Crippen LogP contribution is 2.29. The second kappa shape index (κ2) is 8.51. The van der Waals surface area contributed by atoms with E-state index in [2.05, 4.69) is 25.2 Å². The Morgan fingerprint density at radius 1 is 1.34 bits per heavy atom. The number of aromatic nitrogens is 3. The van der Waals surface area contributed by atoms with Crippen LogP contribution in [0.2, 0.25) is 0 Å². The number of ketones is 1. The smallest absolute Gasteiger partial charge is 0.152 e. The van der Waals surface area contributed by atoms with Crippen LogP contribution < -0.4 is 15.0 Å². The van der Waals surface area contributed by atoms with Crippen molar-refractivity contribution in [1.82, 2.24) is 15.0 Å². The van der Waals surface area contributed by atoms with Gasteiger partial charge in [0.05, 0.1) is 24.7 Å². The summed E-state index contributed by atoms with van der Waals surface area (Å²) in [6.07, 6.45) is 6.19. The van der Waals surface area contributed by atoms with Gasteiger partial charge < -0.3 is 19.9 Å². The van der Waals surface area contributed by atoms with Crippen LogP contribution >= 0.6 is 0 Å². The predicted molar refractivity (Wildman–Crippen MR) is 115 cm³/mol. The van der Waals surface area contributed by atoms with Crippen LogP contribution in [0.1, 0.15) is 24.8 Å². The fourth-order valence-corrected chi connectivity index (χ4v) is 4.15. The van der Waals surface area contributed by atoms with Gasteiger partial charge in [-0.05, 0) is 43.4 Å². The Hall–Kier alpha value is -3.09. The van der Waals surface area contributed by atoms with Gasteiger partial charge in [0.1, 0.15) is 23.5 Å². The molecular weight excluding hydrogens is 366 g/mol. The van der Waals surface area contributed by atoms with Crippen molar-refractivity contribution in [3.63, 3.8) is 0 Å². The van der Waals surface area contributed by atoms with Crippen molar-refractivity contribution in [3.8, 4) is 5.75 Å². The summed E-state index contributed by atoms with van der Waals surface area (Å²) < 4.78 is 5.40. The number of hydrogen-bond acceptors (Lipinski definition) is 6. The minimum absolute atomic E-state index is 0.219. The Bertz CT molecular complexity index is 1000. The van der Waals surface area contributed by atoms with Gasteiger partial charge in [-0.25, -0.2) is 9.97 Å². The molecule has 1 aliphatic rings. The van der Waals surface area contributed by atoms with Gasteiger partial charge in [0.2, 0.25) is 0 Å². The molecule has 4 rings (SSSR count). The summed E-state index contributed by atoms with van der Waals surface area (Å²) in [5.41, 5.74) is 2.81. The maximum absolute atomic E-state index is 12.7. The molecule has 3 heterocycles. The predicted octanol–water partition coefficient (Wildman–Crippen LogP) is 3.56. The highest BCUT2D eigenvalue weighted by atomic mass is 16.5. The Morgan fingerprint density at radius 3 is 3.10 bits per heavy atom. The Kier molecular flexibility index (Phi) is 5.64. The summed E-state index contributed by atoms with van der Waals surface area (Å²) in [5, 5.41) is 4.31. The molecule has 2 aromatic heterocycles. The number of carbonyl (C=O) groups is 1. The van der Waals surface area contributed by atoms with Gasteiger partial charge >= 0.3 is 0 Å². The molecule has 0 aliphatic carbocycles. The summed E-state index contributed by atoms with van der Waals surface area (Å²) >= 11 is 0. The van der Waals surface area contributed by atoms with E-state index in [-0.39, 0.29) is 5.78 Å². The summed E-state index contributed by atoms with van der Waals surface area (Å²) in [6, 6.07) is 7.88. The first-order valence-electron chi connectivity index (χ1n) is 10.1. The minimum atomic E-state index is 0.219. The first kappa shape index (κ1) is 19.2. The Balaban J connectivity index is 1.37. The average molecular weight is 393 g/mol. The molecule has 1 atom stereocenters. The van der Waals surface area contributed by atoms with E-state index in [1.807, 2.05) is 37.4 Å². The largest absolute Gasteiger partial charge is 0.495 e. The maximum atomic E-state index is 12.7. The summed E-state index contributed by atoms with van der Waals surface area (Å²) in [5.74, 6) is 2.27. The normalized spacial score (nSPS) is 16.8. The lowest BCUT2D eigenvalue weighted by molar-refractivity contribution is -0.118. The van der Waals surface area contributed by atoms with Crippen LogP contribution in [0.4, 0.5) is 11.5 Å². The van der Waals surface area contributed by atoms with Crippen molar-refractivity contribution in [2.75, 3.05) is 37.0 Å². The SMILES string of the molecule is COc1cccc(C)c1NCC(=O)C[C@@H]1CCCN(c2ncnc3[nH]ccc23)C1. The molecule has 2 N–H and O–H groups in total. The number of aromatic amines is 1. The number of H-pyrrole nitrogens is 1. The zero-order valence-electron chi connectivity index (χ0n) is 16.9. The number of nitrogens with zero attached hydrogens (tertiary/aromatic N) is 3. The van der Waals surface area contributed by atoms with Gasteiger partial charge in [-0.3, -0.25) is 4.79 Å². The Morgan fingerprint density at radius 2 is 2.24 bits per heavy atom. The lowest BCUT2D eigenvalue weighted by Gasteiger charge is -2.33. The molecule has 1 aromatic carbocycles. The molecular formula is C22H27N5O2. The molecule has 1 saturated heterocycles. The second-order valence-electron chi connectivity index (χ2n) is 7.64. The van der Waals surface area contributed by atoms with Crippen molar-refractivity contribution in [3.05, 3.63) is 42.4 Å². The zero-order valence-corrected chi connectivity index (χ0v) is 16.9. The van der Waals surface area contributed by atoms with E-state index in [9.17, 15) is 4.79 Å². The fraction of sp³-hybridized carbons (Fsp3) is 0.409. The lowest BCUT2D eigenvalue weighted by Crippen LogP contribution is -2.37. The molecule has 152 valence electrons. The number of benzene rings is 1. The number of nitrogens with one attached hydrogen (secondary N) is 2. The van der Waals surface area contributed by atoms with Gasteiger partial charge in [0, 0.05) is 25.7 Å². The number of anilines is 2. The van der Waals surface area contributed by atoms with Gasteiger partial charge in [-0.15, -0.1) is 0 Å². The molecule has 0 bridgehead atoms. The van der Waals surface area contributed by atoms with E-state index in [0.29, 0.717) is 18.9 Å². The van der Waals surface area contributed by atoms with Crippen molar-refractivity contribution in [2.45, 2.75) is 26.2 Å². The molecule has 7 nitrogen and oxygen atoms in total. The maximum Gasteiger partial charge on any atom is 0.152 e. The van der Waals surface area contributed by atoms with E-state index in [0.717, 1.165) is 59.8 Å². The van der Waals surface area contributed by atoms with Crippen molar-refractivity contribution in [2.24, 2.45) is 5.92 Å². The van der Waals surface area contributed by atoms with E-state index in [4.69, 9.17) is 4.74 Å². The topological polar surface area (TPSA) is 83.1 Å². The van der Waals surface area contributed by atoms with E-state index >= 15 is 0 Å². The summed E-state index contributed by atoms with van der Waals surface area (Å²) in [6.45, 7) is 4.13. The quantitative estimate of drug-likeness (QED) is 0.639. The van der Waals surface area contributed by atoms with Crippen molar-refractivity contribution < 1.29 is 9.53 Å². The zero-order chi connectivity index (χ0) is 20.2. The molecule has 0 saturated carbocycles. The van der Waals surface area contributed by atoms with Gasteiger partial charge in [0.25, 0.3) is 0 Å². The third kappa shape index (κ3) is 4.18. The molecule has 1 fully saturated rings. The number of fused-ring (bicyclic) bond motifs is 1. The molecule has 0 unspecified atom stereocenters. The average Bonchev–Trinajstić information content (AvgIpc) is 3.22. The minimum Gasteiger partial charge on any atom is -0.495 e. The van der Waals surface area contributed by atoms with Gasteiger partial charge in [-0.2, -0.15) is 0 Å². The van der Waals surface area contributed by atoms with Gasteiger partial charge in [-0.1, -0.05) is 12.1 Å². The van der Waals surface area contributed by atoms with E-state index < -0.39 is 0 Å². The highest BCUT2D eigenvalue weighted by Gasteiger charge is 2.24. The van der Waals surface area contributed by atoms with Crippen LogP contribution in [0.5, 0.6) is 5.75 Å². The number of carbonyl (C=O) groups excluding carboxylic acids is 1. The van der Waals surface area contributed by atoms with Crippen molar-refractivity contribution >= 4 is 28.3 Å². The number of rotatable bonds is 7. The number of hydrogen-bond donors (Lipinski definition) is 2. The van der Waals surface area contributed by atoms with Crippen molar-refractivity contribution in [1.29, 1.82) is 0 Å². The van der Waals surface area contributed by atoms with Crippen LogP contribution in [-0.4, -0.2) is 47.5 Å². The summed E-state index contributed by atoms with van der Waals surface area (Å²) in [4.78, 5) is 26.9. The first-order chi connectivity index (χ1) is 14.2. The lowest BCUT2D eigenvalue weighted by atomic mass is 9.92. The number of Topliss-reactive ketones (excluding diaryl/α,β-unsaturated/α-hetero) is 1. The highest BCUT2D eigenvalue weighted by molar-refractivity contribution is 5.87. The van der Waals surface area contributed by atoms with Crippen LogP contribution in [0.3, 0.4) is 0 Å². The van der Waals surface area contributed by atoms with E-state index in [1.54, 1.807) is 13.4 Å². The Labute approximate surface area is 170 Å². The van der Waals surface area contributed by atoms with Crippen LogP contribution in [-0.2, 0) is 4.79 Å². The molecule has 3 aromatic rings. The number of piperidine rings is 1. The summed E-state index contributed by atoms with van der Waals surface area (Å²) in [7, 11) is 1.65. The number of aryl methyl sites for hydroxylation is 1. The number of ether oxygens (including phenoxy) is 1. The van der Waals surface area contributed by atoms with Crippen LogP contribution in [0.15, 0.2) is 36.8 Å². The molecule has 0 amide bonds. The third-order valence-electron chi connectivity index (χ3n) is 5.58. The molecule has 0 spiro atoms. The standard InChI is InChI=1S/C22H27N5O2/c1-15-5-3-7-19(29-2)20(15)24-12-17(28)11-16-6-4-10-27(13-16)22-18-8-9-23-21(18)25-14-26-22/h3,5,7-9,14,16,24H,4,6,10-13H2,1-2H3,(H,23,25,26)/t16-/m0/s1. The van der Waals surface area contributed by atoms with E-state index in [1.165, 1.54) is 0 Å². The number of para-hydroxylation sites is 1. The van der Waals surface area contributed by atoms with Crippen LogP contribution in [0, 0.1) is 12.8 Å². The monoisotopic (exact) mass is 393 g/mol. The van der Waals surface area contributed by atoms with Gasteiger partial charge in [0.15, 0.2) is 5.78 Å². The fourth-order valence-electron chi connectivity index (χ4n) is 4.15. The van der Waals surface area contributed by atoms with Crippen LogP contribution in [0.25, 0.3) is 11.0 Å². The third-order valence-corrected chi connectivity index (χ3v) is 5.58. The molecule has 29 heavy (non-hydrogen) atoms. The number of methoxy groups -OCH3 is 1.